The molecular weight excluding hydrogens is 190 g/mol. The highest BCUT2D eigenvalue weighted by atomic mass is 16.4. The molecule has 2 unspecified atom stereocenters. The summed E-state index contributed by atoms with van der Waals surface area (Å²) in [6, 6.07) is 0. The standard InChI is InChI=1S/C12H25NO2/c1-5-6-10(4)7-12(8-13,9(2)3)11(14)15/h9-10H,5-8,13H2,1-4H3,(H,14,15). The Balaban J connectivity index is 4.70. The van der Waals surface area contributed by atoms with Crippen molar-refractivity contribution in [1.82, 2.24) is 0 Å². The molecule has 3 nitrogen and oxygen atoms in total. The first-order chi connectivity index (χ1) is 6.90. The Kier molecular flexibility index (Phi) is 5.88. The third-order valence-corrected chi connectivity index (χ3v) is 3.39. The van der Waals surface area contributed by atoms with E-state index in [9.17, 15) is 9.90 Å². The van der Waals surface area contributed by atoms with Gasteiger partial charge >= 0.3 is 5.97 Å². The molecule has 0 aliphatic carbocycles. The van der Waals surface area contributed by atoms with Gasteiger partial charge in [0.25, 0.3) is 0 Å². The van der Waals surface area contributed by atoms with Crippen molar-refractivity contribution in [2.75, 3.05) is 6.54 Å². The van der Waals surface area contributed by atoms with Gasteiger partial charge in [0.15, 0.2) is 0 Å². The molecule has 0 radical (unpaired) electrons. The molecule has 0 spiro atoms. The van der Waals surface area contributed by atoms with Crippen LogP contribution in [0.25, 0.3) is 0 Å². The molecule has 0 aromatic rings. The average Bonchev–Trinajstić information content (AvgIpc) is 2.13. The van der Waals surface area contributed by atoms with E-state index in [1.807, 2.05) is 13.8 Å². The van der Waals surface area contributed by atoms with Crippen LogP contribution in [0, 0.1) is 17.3 Å². The van der Waals surface area contributed by atoms with Gasteiger partial charge < -0.3 is 10.8 Å². The second kappa shape index (κ2) is 6.11. The van der Waals surface area contributed by atoms with Gasteiger partial charge in [0.1, 0.15) is 0 Å². The van der Waals surface area contributed by atoms with Gasteiger partial charge in [-0.3, -0.25) is 4.79 Å². The maximum atomic E-state index is 11.4. The van der Waals surface area contributed by atoms with Crippen LogP contribution in [-0.4, -0.2) is 17.6 Å². The molecule has 0 saturated carbocycles. The van der Waals surface area contributed by atoms with Crippen LogP contribution < -0.4 is 5.73 Å². The summed E-state index contributed by atoms with van der Waals surface area (Å²) < 4.78 is 0. The summed E-state index contributed by atoms with van der Waals surface area (Å²) in [5, 5.41) is 9.33. The van der Waals surface area contributed by atoms with Gasteiger partial charge in [-0.2, -0.15) is 0 Å². The summed E-state index contributed by atoms with van der Waals surface area (Å²) in [5.41, 5.74) is 4.93. The van der Waals surface area contributed by atoms with Crippen LogP contribution in [0.4, 0.5) is 0 Å². The average molecular weight is 215 g/mol. The van der Waals surface area contributed by atoms with Crippen LogP contribution in [0.15, 0.2) is 0 Å². The Hall–Kier alpha value is -0.570. The molecule has 2 atom stereocenters. The van der Waals surface area contributed by atoms with Crippen LogP contribution in [0.3, 0.4) is 0 Å². The van der Waals surface area contributed by atoms with E-state index in [1.54, 1.807) is 0 Å². The van der Waals surface area contributed by atoms with Crippen molar-refractivity contribution in [2.24, 2.45) is 23.0 Å². The van der Waals surface area contributed by atoms with Gasteiger partial charge in [-0.1, -0.05) is 40.5 Å². The zero-order valence-electron chi connectivity index (χ0n) is 10.4. The van der Waals surface area contributed by atoms with Crippen molar-refractivity contribution < 1.29 is 9.90 Å². The molecule has 0 aliphatic heterocycles. The quantitative estimate of drug-likeness (QED) is 0.686. The first-order valence-electron chi connectivity index (χ1n) is 5.84. The second-order valence-electron chi connectivity index (χ2n) is 4.92. The molecule has 3 heteroatoms. The maximum absolute atomic E-state index is 11.4. The molecular formula is C12H25NO2. The predicted octanol–water partition coefficient (Wildman–Crippen LogP) is 2.50. The van der Waals surface area contributed by atoms with Crippen molar-refractivity contribution in [3.63, 3.8) is 0 Å². The molecule has 0 rings (SSSR count). The largest absolute Gasteiger partial charge is 0.481 e. The van der Waals surface area contributed by atoms with Crippen molar-refractivity contribution in [1.29, 1.82) is 0 Å². The Morgan fingerprint density at radius 1 is 1.40 bits per heavy atom. The summed E-state index contributed by atoms with van der Waals surface area (Å²) in [7, 11) is 0. The van der Waals surface area contributed by atoms with E-state index in [2.05, 4.69) is 13.8 Å². The fraction of sp³-hybridized carbons (Fsp3) is 0.917. The molecule has 0 aromatic carbocycles. The number of aliphatic carboxylic acids is 1. The third kappa shape index (κ3) is 3.49. The van der Waals surface area contributed by atoms with Crippen LogP contribution in [-0.2, 0) is 4.79 Å². The minimum Gasteiger partial charge on any atom is -0.481 e. The van der Waals surface area contributed by atoms with E-state index in [-0.39, 0.29) is 12.5 Å². The molecule has 0 aromatic heterocycles. The molecule has 0 heterocycles. The van der Waals surface area contributed by atoms with Gasteiger partial charge in [0.05, 0.1) is 5.41 Å². The van der Waals surface area contributed by atoms with E-state index in [0.29, 0.717) is 12.3 Å². The van der Waals surface area contributed by atoms with Crippen LogP contribution in [0.2, 0.25) is 0 Å². The number of carbonyl (C=O) groups is 1. The summed E-state index contributed by atoms with van der Waals surface area (Å²) in [4.78, 5) is 11.4. The highest BCUT2D eigenvalue weighted by Crippen LogP contribution is 2.35. The molecule has 90 valence electrons. The van der Waals surface area contributed by atoms with Gasteiger partial charge in [-0.25, -0.2) is 0 Å². The Bertz CT molecular complexity index is 204. The first-order valence-corrected chi connectivity index (χ1v) is 5.84. The normalized spacial score (nSPS) is 17.5. The van der Waals surface area contributed by atoms with Gasteiger partial charge in [0.2, 0.25) is 0 Å². The maximum Gasteiger partial charge on any atom is 0.311 e. The van der Waals surface area contributed by atoms with E-state index in [4.69, 9.17) is 5.73 Å². The lowest BCUT2D eigenvalue weighted by Crippen LogP contribution is -2.44. The van der Waals surface area contributed by atoms with Crippen LogP contribution in [0.5, 0.6) is 0 Å². The smallest absolute Gasteiger partial charge is 0.311 e. The summed E-state index contributed by atoms with van der Waals surface area (Å²) in [6.07, 6.45) is 2.85. The lowest BCUT2D eigenvalue weighted by Gasteiger charge is -2.34. The van der Waals surface area contributed by atoms with Gasteiger partial charge in [-0.15, -0.1) is 0 Å². The summed E-state index contributed by atoms with van der Waals surface area (Å²) in [6.45, 7) is 8.35. The number of hydrogen-bond donors (Lipinski definition) is 2. The number of carboxylic acids is 1. The molecule has 0 aliphatic rings. The van der Waals surface area contributed by atoms with Gasteiger partial charge in [-0.05, 0) is 18.3 Å². The van der Waals surface area contributed by atoms with Crippen molar-refractivity contribution in [3.8, 4) is 0 Å². The van der Waals surface area contributed by atoms with Crippen molar-refractivity contribution in [2.45, 2.75) is 47.0 Å². The summed E-state index contributed by atoms with van der Waals surface area (Å²) in [5.74, 6) is -0.237. The van der Waals surface area contributed by atoms with E-state index in [0.717, 1.165) is 12.8 Å². The van der Waals surface area contributed by atoms with Crippen molar-refractivity contribution >= 4 is 5.97 Å². The fourth-order valence-electron chi connectivity index (χ4n) is 2.19. The topological polar surface area (TPSA) is 63.3 Å². The van der Waals surface area contributed by atoms with E-state index in [1.165, 1.54) is 0 Å². The molecule has 0 amide bonds. The highest BCUT2D eigenvalue weighted by molar-refractivity contribution is 5.75. The fourth-order valence-corrected chi connectivity index (χ4v) is 2.19. The lowest BCUT2D eigenvalue weighted by molar-refractivity contribution is -0.152. The first kappa shape index (κ1) is 14.4. The third-order valence-electron chi connectivity index (χ3n) is 3.39. The number of hydrogen-bond acceptors (Lipinski definition) is 2. The monoisotopic (exact) mass is 215 g/mol. The predicted molar refractivity (Wildman–Crippen MR) is 62.7 cm³/mol. The van der Waals surface area contributed by atoms with Crippen LogP contribution >= 0.6 is 0 Å². The zero-order chi connectivity index (χ0) is 12.1. The SMILES string of the molecule is CCCC(C)CC(CN)(C(=O)O)C(C)C. The Morgan fingerprint density at radius 2 is 1.93 bits per heavy atom. The molecule has 3 N–H and O–H groups in total. The minimum absolute atomic E-state index is 0.0827. The van der Waals surface area contributed by atoms with E-state index < -0.39 is 11.4 Å². The Labute approximate surface area is 93.0 Å². The molecule has 15 heavy (non-hydrogen) atoms. The number of rotatable bonds is 7. The second-order valence-corrected chi connectivity index (χ2v) is 4.92. The molecule has 0 fully saturated rings. The number of nitrogens with two attached hydrogens (primary N) is 1. The highest BCUT2D eigenvalue weighted by Gasteiger charge is 2.41. The molecule has 0 bridgehead atoms. The molecule has 0 saturated heterocycles. The van der Waals surface area contributed by atoms with Crippen LogP contribution in [0.1, 0.15) is 47.0 Å². The minimum atomic E-state index is -0.747. The van der Waals surface area contributed by atoms with E-state index >= 15 is 0 Å². The zero-order valence-corrected chi connectivity index (χ0v) is 10.4. The van der Waals surface area contributed by atoms with Gasteiger partial charge in [0, 0.05) is 6.54 Å². The number of carboxylic acid groups (broad SMARTS) is 1. The van der Waals surface area contributed by atoms with Crippen molar-refractivity contribution in [3.05, 3.63) is 0 Å². The lowest BCUT2D eigenvalue weighted by atomic mass is 9.71. The summed E-state index contributed by atoms with van der Waals surface area (Å²) >= 11 is 0. The Morgan fingerprint density at radius 3 is 2.20 bits per heavy atom.